The van der Waals surface area contributed by atoms with E-state index in [4.69, 9.17) is 0 Å². The fraction of sp³-hybridized carbons (Fsp3) is 0.611. The predicted octanol–water partition coefficient (Wildman–Crippen LogP) is 3.11. The summed E-state index contributed by atoms with van der Waals surface area (Å²) in [5, 5.41) is 14.0. The Bertz CT molecular complexity index is 636. The Balaban J connectivity index is 1.87. The third-order valence-electron chi connectivity index (χ3n) is 5.05. The first kappa shape index (κ1) is 16.7. The average Bonchev–Trinajstić information content (AvgIpc) is 3.05. The van der Waals surface area contributed by atoms with Gasteiger partial charge in [0.05, 0.1) is 4.92 Å². The number of nitro groups is 1. The van der Waals surface area contributed by atoms with Crippen molar-refractivity contribution >= 4 is 17.3 Å². The first-order valence-corrected chi connectivity index (χ1v) is 8.59. The summed E-state index contributed by atoms with van der Waals surface area (Å²) in [6.45, 7) is 6.82. The number of non-ortho nitro benzene ring substituents is 1. The van der Waals surface area contributed by atoms with Gasteiger partial charge >= 0.3 is 0 Å². The summed E-state index contributed by atoms with van der Waals surface area (Å²) in [4.78, 5) is 25.5. The number of nitrogens with zero attached hydrogens (tertiary/aromatic N) is 2. The molecule has 0 aromatic heterocycles. The minimum atomic E-state index is -0.397. The summed E-state index contributed by atoms with van der Waals surface area (Å²) < 4.78 is 0. The molecule has 1 aliphatic heterocycles. The van der Waals surface area contributed by atoms with Crippen molar-refractivity contribution in [2.24, 2.45) is 11.8 Å². The number of rotatable bonds is 3. The van der Waals surface area contributed by atoms with Crippen LogP contribution in [0.1, 0.15) is 40.0 Å². The summed E-state index contributed by atoms with van der Waals surface area (Å²) in [5.41, 5.74) is 0.701. The smallest absolute Gasteiger partial charge is 0.269 e. The molecular formula is C18H25N3O3. The molecular weight excluding hydrogens is 306 g/mol. The van der Waals surface area contributed by atoms with E-state index >= 15 is 0 Å². The maximum Gasteiger partial charge on any atom is 0.269 e. The molecule has 1 N–H and O–H groups in total. The number of anilines is 1. The molecule has 6 heteroatoms. The number of amides is 1. The van der Waals surface area contributed by atoms with Crippen LogP contribution in [0.25, 0.3) is 0 Å². The lowest BCUT2D eigenvalue weighted by Gasteiger charge is -2.32. The number of carbonyl (C=O) groups excluding carboxylic acids is 1. The van der Waals surface area contributed by atoms with Crippen molar-refractivity contribution in [1.29, 1.82) is 0 Å². The Morgan fingerprint density at radius 1 is 1.25 bits per heavy atom. The average molecular weight is 331 g/mol. The lowest BCUT2D eigenvalue weighted by Crippen LogP contribution is -2.52. The van der Waals surface area contributed by atoms with E-state index in [-0.39, 0.29) is 23.2 Å². The van der Waals surface area contributed by atoms with Gasteiger partial charge in [-0.3, -0.25) is 14.9 Å². The molecule has 1 heterocycles. The van der Waals surface area contributed by atoms with E-state index in [1.807, 2.05) is 20.8 Å². The van der Waals surface area contributed by atoms with E-state index in [2.05, 4.69) is 10.2 Å². The first-order valence-electron chi connectivity index (χ1n) is 8.59. The predicted molar refractivity (Wildman–Crippen MR) is 93.0 cm³/mol. The molecule has 1 aliphatic carbocycles. The van der Waals surface area contributed by atoms with Crippen LogP contribution in [0.15, 0.2) is 24.3 Å². The number of fused-ring (bicyclic) bond motifs is 1. The largest absolute Gasteiger partial charge is 0.359 e. The van der Waals surface area contributed by atoms with Crippen LogP contribution in [0.3, 0.4) is 0 Å². The zero-order chi connectivity index (χ0) is 17.5. The van der Waals surface area contributed by atoms with Crippen LogP contribution in [0.2, 0.25) is 0 Å². The molecule has 130 valence electrons. The number of carbonyl (C=O) groups is 1. The van der Waals surface area contributed by atoms with Crippen LogP contribution in [0.4, 0.5) is 11.4 Å². The molecule has 1 aromatic rings. The van der Waals surface area contributed by atoms with Gasteiger partial charge in [0.15, 0.2) is 0 Å². The van der Waals surface area contributed by atoms with Gasteiger partial charge in [-0.15, -0.1) is 0 Å². The Kier molecular flexibility index (Phi) is 4.24. The fourth-order valence-corrected chi connectivity index (χ4v) is 4.12. The van der Waals surface area contributed by atoms with Crippen molar-refractivity contribution in [3.63, 3.8) is 0 Å². The van der Waals surface area contributed by atoms with Crippen LogP contribution >= 0.6 is 0 Å². The normalized spacial score (nSPS) is 26.3. The van der Waals surface area contributed by atoms with Crippen molar-refractivity contribution in [3.8, 4) is 0 Å². The second-order valence-corrected chi connectivity index (χ2v) is 7.96. The zero-order valence-electron chi connectivity index (χ0n) is 14.5. The van der Waals surface area contributed by atoms with E-state index in [0.29, 0.717) is 11.8 Å². The molecule has 1 amide bonds. The van der Waals surface area contributed by atoms with Crippen molar-refractivity contribution < 1.29 is 9.72 Å². The van der Waals surface area contributed by atoms with Crippen molar-refractivity contribution in [2.45, 2.75) is 51.6 Å². The number of nitro benzene ring substituents is 1. The summed E-state index contributed by atoms with van der Waals surface area (Å²) >= 11 is 0. The maximum atomic E-state index is 12.9. The Morgan fingerprint density at radius 3 is 2.50 bits per heavy atom. The highest BCUT2D eigenvalue weighted by Crippen LogP contribution is 2.44. The lowest BCUT2D eigenvalue weighted by atomic mass is 9.92. The molecule has 1 saturated heterocycles. The van der Waals surface area contributed by atoms with Crippen molar-refractivity contribution in [2.75, 3.05) is 11.4 Å². The SMILES string of the molecule is CC(C)(C)NC(=O)[C@@H]1[C@H]2CCC[C@H]2CN1c1ccc([N+](=O)[O-])cc1. The van der Waals surface area contributed by atoms with Gasteiger partial charge in [-0.2, -0.15) is 0 Å². The van der Waals surface area contributed by atoms with Crippen molar-refractivity contribution in [3.05, 3.63) is 34.4 Å². The number of benzene rings is 1. The summed E-state index contributed by atoms with van der Waals surface area (Å²) in [5.74, 6) is 0.980. The van der Waals surface area contributed by atoms with Gasteiger partial charge in [0, 0.05) is 29.9 Å². The molecule has 1 saturated carbocycles. The molecule has 3 rings (SSSR count). The van der Waals surface area contributed by atoms with Gasteiger partial charge in [-0.05, 0) is 57.6 Å². The second kappa shape index (κ2) is 6.07. The molecule has 2 fully saturated rings. The van der Waals surface area contributed by atoms with Gasteiger partial charge in [0.2, 0.25) is 5.91 Å². The van der Waals surface area contributed by atoms with E-state index in [1.54, 1.807) is 12.1 Å². The Morgan fingerprint density at radius 2 is 1.92 bits per heavy atom. The van der Waals surface area contributed by atoms with Gasteiger partial charge < -0.3 is 10.2 Å². The minimum absolute atomic E-state index is 0.0650. The first-order chi connectivity index (χ1) is 11.3. The topological polar surface area (TPSA) is 75.5 Å². The maximum absolute atomic E-state index is 12.9. The molecule has 6 nitrogen and oxygen atoms in total. The number of hydrogen-bond donors (Lipinski definition) is 1. The summed E-state index contributed by atoms with van der Waals surface area (Å²) in [6.07, 6.45) is 3.42. The van der Waals surface area contributed by atoms with Crippen molar-refractivity contribution in [1.82, 2.24) is 5.32 Å². The van der Waals surface area contributed by atoms with E-state index in [0.717, 1.165) is 25.1 Å². The van der Waals surface area contributed by atoms with E-state index < -0.39 is 4.92 Å². The number of hydrogen-bond acceptors (Lipinski definition) is 4. The van der Waals surface area contributed by atoms with Crippen LogP contribution < -0.4 is 10.2 Å². The second-order valence-electron chi connectivity index (χ2n) is 7.96. The van der Waals surface area contributed by atoms with E-state index in [1.165, 1.54) is 18.6 Å². The molecule has 0 radical (unpaired) electrons. The Hall–Kier alpha value is -2.11. The molecule has 2 aliphatic rings. The minimum Gasteiger partial charge on any atom is -0.359 e. The van der Waals surface area contributed by atoms with Crippen LogP contribution in [-0.2, 0) is 4.79 Å². The molecule has 3 atom stereocenters. The van der Waals surface area contributed by atoms with Crippen LogP contribution in [0, 0.1) is 22.0 Å². The molecule has 0 spiro atoms. The highest BCUT2D eigenvalue weighted by atomic mass is 16.6. The van der Waals surface area contributed by atoms with Gasteiger partial charge in [-0.1, -0.05) is 6.42 Å². The molecule has 0 unspecified atom stereocenters. The molecule has 1 aromatic carbocycles. The van der Waals surface area contributed by atoms with Gasteiger partial charge in [0.1, 0.15) is 6.04 Å². The van der Waals surface area contributed by atoms with Crippen LogP contribution in [-0.4, -0.2) is 29.0 Å². The van der Waals surface area contributed by atoms with Gasteiger partial charge in [0.25, 0.3) is 5.69 Å². The number of nitrogens with one attached hydrogen (secondary N) is 1. The highest BCUT2D eigenvalue weighted by Gasteiger charge is 2.48. The highest BCUT2D eigenvalue weighted by molar-refractivity contribution is 5.87. The summed E-state index contributed by atoms with van der Waals surface area (Å²) in [7, 11) is 0. The molecule has 24 heavy (non-hydrogen) atoms. The fourth-order valence-electron chi connectivity index (χ4n) is 4.12. The van der Waals surface area contributed by atoms with Crippen LogP contribution in [0.5, 0.6) is 0 Å². The third-order valence-corrected chi connectivity index (χ3v) is 5.05. The Labute approximate surface area is 142 Å². The summed E-state index contributed by atoms with van der Waals surface area (Å²) in [6, 6.07) is 6.37. The van der Waals surface area contributed by atoms with E-state index in [9.17, 15) is 14.9 Å². The third kappa shape index (κ3) is 3.23. The van der Waals surface area contributed by atoms with Gasteiger partial charge in [-0.25, -0.2) is 0 Å². The quantitative estimate of drug-likeness (QED) is 0.682. The standard InChI is InChI=1S/C18H25N3O3/c1-18(2,3)19-17(22)16-15-6-4-5-12(15)11-20(16)13-7-9-14(10-8-13)21(23)24/h7-10,12,15-16H,4-6,11H2,1-3H3,(H,19,22)/t12-,15-,16-/m0/s1. The zero-order valence-corrected chi connectivity index (χ0v) is 14.5. The molecule has 0 bridgehead atoms. The monoisotopic (exact) mass is 331 g/mol. The lowest BCUT2D eigenvalue weighted by molar-refractivity contribution is -0.384.